The van der Waals surface area contributed by atoms with Gasteiger partial charge in [0.15, 0.2) is 0 Å². The normalized spacial score (nSPS) is 8.82. The van der Waals surface area contributed by atoms with Gasteiger partial charge in [-0.1, -0.05) is 6.42 Å². The molecule has 0 saturated carbocycles. The van der Waals surface area contributed by atoms with Crippen LogP contribution in [-0.2, 0) is 4.79 Å². The second-order valence-corrected chi connectivity index (χ2v) is 2.29. The van der Waals surface area contributed by atoms with Crippen LogP contribution in [0.3, 0.4) is 0 Å². The molecule has 0 spiro atoms. The molecule has 11 heavy (non-hydrogen) atoms. The predicted molar refractivity (Wildman–Crippen MR) is 37.4 cm³/mol. The zero-order chi connectivity index (χ0) is 7.82. The molecule has 60 valence electrons. The fourth-order valence-electron chi connectivity index (χ4n) is 0.748. The zero-order valence-electron chi connectivity index (χ0n) is 7.35. The van der Waals surface area contributed by atoms with Gasteiger partial charge in [-0.15, -0.1) is 0 Å². The Morgan fingerprint density at radius 3 is 2.45 bits per heavy atom. The minimum absolute atomic E-state index is 0. The van der Waals surface area contributed by atoms with Crippen LogP contribution >= 0.6 is 0 Å². The maximum Gasteiger partial charge on any atom is 1.00 e. The van der Waals surface area contributed by atoms with Crippen molar-refractivity contribution >= 4 is 5.97 Å². The Labute approximate surface area is 89.8 Å². The van der Waals surface area contributed by atoms with Crippen LogP contribution in [0.15, 0.2) is 0 Å². The van der Waals surface area contributed by atoms with Gasteiger partial charge in [-0.3, -0.25) is 0 Å². The van der Waals surface area contributed by atoms with Gasteiger partial charge in [-0.05, 0) is 32.9 Å². The minimum atomic E-state index is -0.940. The Hall–Kier alpha value is 0.430. The molecule has 0 aliphatic rings. The topological polar surface area (TPSA) is 52.2 Å². The van der Waals surface area contributed by atoms with Gasteiger partial charge in [-0.25, -0.2) is 0 Å². The average Bonchev–Trinajstić information content (AvgIpc) is 1.87. The first-order valence-corrected chi connectivity index (χ1v) is 3.62. The van der Waals surface area contributed by atoms with E-state index >= 15 is 0 Å². The molecule has 0 aromatic heterocycles. The molecule has 0 bridgehead atoms. The maximum atomic E-state index is 9.91. The van der Waals surface area contributed by atoms with Crippen molar-refractivity contribution in [3.8, 4) is 0 Å². The number of hydrogen-bond acceptors (Lipinski definition) is 3. The van der Waals surface area contributed by atoms with Crippen LogP contribution in [-0.4, -0.2) is 19.6 Å². The van der Waals surface area contributed by atoms with Gasteiger partial charge in [0.25, 0.3) is 0 Å². The van der Waals surface area contributed by atoms with E-state index in [-0.39, 0.29) is 36.0 Å². The van der Waals surface area contributed by atoms with Gasteiger partial charge >= 0.3 is 29.6 Å². The molecule has 0 fully saturated rings. The second kappa shape index (κ2) is 10.4. The van der Waals surface area contributed by atoms with Crippen molar-refractivity contribution in [1.82, 2.24) is 5.32 Å². The van der Waals surface area contributed by atoms with E-state index in [9.17, 15) is 9.90 Å². The molecule has 1 N–H and O–H groups in total. The number of aliphatic carboxylic acids is 1. The fraction of sp³-hybridized carbons (Fsp3) is 0.857. The van der Waals surface area contributed by atoms with Crippen LogP contribution in [0.1, 0.15) is 25.7 Å². The number of carbonyl (C=O) groups excluding carboxylic acids is 1. The van der Waals surface area contributed by atoms with Gasteiger partial charge in [0.2, 0.25) is 0 Å². The number of unbranched alkanes of at least 4 members (excludes halogenated alkanes) is 2. The molecule has 0 amide bonds. The maximum absolute atomic E-state index is 9.91. The molecule has 4 heteroatoms. The fourth-order valence-corrected chi connectivity index (χ4v) is 0.748. The van der Waals surface area contributed by atoms with Gasteiger partial charge in [0.05, 0.1) is 0 Å². The van der Waals surface area contributed by atoms with Crippen LogP contribution < -0.4 is 40.0 Å². The standard InChI is InChI=1S/C7H15NO2.Na/c1-8-6-4-2-3-5-7(9)10;/h8H,2-6H2,1H3,(H,9,10);/q;+1/p-1. The van der Waals surface area contributed by atoms with Gasteiger partial charge < -0.3 is 15.2 Å². The number of carbonyl (C=O) groups is 1. The van der Waals surface area contributed by atoms with Crippen molar-refractivity contribution < 1.29 is 39.5 Å². The van der Waals surface area contributed by atoms with E-state index in [2.05, 4.69) is 5.32 Å². The molecule has 0 aromatic carbocycles. The molecule has 0 heterocycles. The van der Waals surface area contributed by atoms with Crippen LogP contribution in [0.4, 0.5) is 0 Å². The Kier molecular flexibility index (Phi) is 13.3. The Morgan fingerprint density at radius 2 is 2.00 bits per heavy atom. The molecule has 0 atom stereocenters. The molecule has 0 aliphatic heterocycles. The van der Waals surface area contributed by atoms with Crippen molar-refractivity contribution in [3.05, 3.63) is 0 Å². The predicted octanol–water partition coefficient (Wildman–Crippen LogP) is -3.48. The average molecular weight is 167 g/mol. The van der Waals surface area contributed by atoms with Crippen molar-refractivity contribution in [2.45, 2.75) is 25.7 Å². The summed E-state index contributed by atoms with van der Waals surface area (Å²) in [5.74, 6) is -0.940. The summed E-state index contributed by atoms with van der Waals surface area (Å²) < 4.78 is 0. The third-order valence-electron chi connectivity index (χ3n) is 1.31. The summed E-state index contributed by atoms with van der Waals surface area (Å²) in [4.78, 5) is 9.91. The summed E-state index contributed by atoms with van der Waals surface area (Å²) in [5.41, 5.74) is 0. The number of rotatable bonds is 6. The van der Waals surface area contributed by atoms with Crippen molar-refractivity contribution in [2.24, 2.45) is 0 Å². The third-order valence-corrected chi connectivity index (χ3v) is 1.31. The van der Waals surface area contributed by atoms with E-state index in [4.69, 9.17) is 0 Å². The largest absolute Gasteiger partial charge is 1.00 e. The number of nitrogens with one attached hydrogen (secondary N) is 1. The third kappa shape index (κ3) is 13.4. The quantitative estimate of drug-likeness (QED) is 0.330. The molecular formula is C7H14NNaO2. The van der Waals surface area contributed by atoms with E-state index in [1.54, 1.807) is 0 Å². The first kappa shape index (κ1) is 14.0. The molecule has 0 radical (unpaired) electrons. The number of carboxylic acid groups (broad SMARTS) is 1. The second-order valence-electron chi connectivity index (χ2n) is 2.29. The Balaban J connectivity index is 0. The molecule has 0 unspecified atom stereocenters. The minimum Gasteiger partial charge on any atom is -0.550 e. The van der Waals surface area contributed by atoms with Crippen molar-refractivity contribution in [2.75, 3.05) is 13.6 Å². The summed E-state index contributed by atoms with van der Waals surface area (Å²) in [7, 11) is 1.89. The van der Waals surface area contributed by atoms with Crippen molar-refractivity contribution in [1.29, 1.82) is 0 Å². The Morgan fingerprint density at radius 1 is 1.36 bits per heavy atom. The van der Waals surface area contributed by atoms with Gasteiger partial charge in [0.1, 0.15) is 0 Å². The van der Waals surface area contributed by atoms with Gasteiger partial charge in [-0.2, -0.15) is 0 Å². The first-order valence-electron chi connectivity index (χ1n) is 3.62. The van der Waals surface area contributed by atoms with E-state index in [1.165, 1.54) is 0 Å². The molecular weight excluding hydrogens is 153 g/mol. The number of carboxylic acids is 1. The summed E-state index contributed by atoms with van der Waals surface area (Å²) >= 11 is 0. The molecule has 0 rings (SSSR count). The van der Waals surface area contributed by atoms with Crippen LogP contribution in [0.25, 0.3) is 0 Å². The number of hydrogen-bond donors (Lipinski definition) is 1. The SMILES string of the molecule is CNCCCCCC(=O)[O-].[Na+]. The summed E-state index contributed by atoms with van der Waals surface area (Å²) in [6, 6.07) is 0. The van der Waals surface area contributed by atoms with E-state index < -0.39 is 5.97 Å². The van der Waals surface area contributed by atoms with Crippen LogP contribution in [0, 0.1) is 0 Å². The molecule has 0 saturated heterocycles. The van der Waals surface area contributed by atoms with Crippen LogP contribution in [0.5, 0.6) is 0 Å². The molecule has 0 aliphatic carbocycles. The monoisotopic (exact) mass is 167 g/mol. The van der Waals surface area contributed by atoms with E-state index in [0.29, 0.717) is 0 Å². The van der Waals surface area contributed by atoms with E-state index in [0.717, 1.165) is 25.8 Å². The first-order chi connectivity index (χ1) is 4.77. The Bertz CT molecular complexity index is 98.4. The summed E-state index contributed by atoms with van der Waals surface area (Å²) in [5, 5.41) is 12.9. The van der Waals surface area contributed by atoms with Gasteiger partial charge in [0, 0.05) is 5.97 Å². The van der Waals surface area contributed by atoms with Crippen molar-refractivity contribution in [3.63, 3.8) is 0 Å². The molecule has 3 nitrogen and oxygen atoms in total. The zero-order valence-corrected chi connectivity index (χ0v) is 9.35. The summed E-state index contributed by atoms with van der Waals surface area (Å²) in [6.07, 6.45) is 2.95. The smallest absolute Gasteiger partial charge is 0.550 e. The molecule has 0 aromatic rings. The van der Waals surface area contributed by atoms with Crippen LogP contribution in [0.2, 0.25) is 0 Å². The van der Waals surface area contributed by atoms with E-state index in [1.807, 2.05) is 7.05 Å². The summed E-state index contributed by atoms with van der Waals surface area (Å²) in [6.45, 7) is 0.965.